The first kappa shape index (κ1) is 12.7. The van der Waals surface area contributed by atoms with Crippen molar-refractivity contribution >= 4 is 12.4 Å². The zero-order valence-corrected chi connectivity index (χ0v) is 11.3. The molecule has 4 rings (SSSR count). The Hall–Kier alpha value is 0.250. The highest BCUT2D eigenvalue weighted by Gasteiger charge is 2.50. The van der Waals surface area contributed by atoms with E-state index in [0.29, 0.717) is 0 Å². The van der Waals surface area contributed by atoms with Gasteiger partial charge in [-0.1, -0.05) is 6.92 Å². The standard InChI is InChI=1S/C14H25N.ClH/c1-2-3-15-10-14-7-11-4-12(8-14)6-13(5-11)9-14;/h11-13,15H,2-10H2,1H3;1H. The molecule has 1 nitrogen and oxygen atoms in total. The lowest BCUT2D eigenvalue weighted by molar-refractivity contribution is -0.0511. The van der Waals surface area contributed by atoms with E-state index in [0.717, 1.165) is 23.2 Å². The topological polar surface area (TPSA) is 12.0 Å². The van der Waals surface area contributed by atoms with Crippen molar-refractivity contribution in [1.82, 2.24) is 5.32 Å². The first-order chi connectivity index (χ1) is 7.30. The molecule has 0 aliphatic heterocycles. The lowest BCUT2D eigenvalue weighted by Crippen LogP contribution is -2.50. The molecular formula is C14H26ClN. The van der Waals surface area contributed by atoms with Crippen molar-refractivity contribution in [2.75, 3.05) is 13.1 Å². The van der Waals surface area contributed by atoms with Crippen LogP contribution < -0.4 is 5.32 Å². The van der Waals surface area contributed by atoms with Crippen LogP contribution >= 0.6 is 12.4 Å². The number of halogens is 1. The van der Waals surface area contributed by atoms with E-state index in [1.54, 1.807) is 38.5 Å². The average molecular weight is 244 g/mol. The summed E-state index contributed by atoms with van der Waals surface area (Å²) in [5.41, 5.74) is 0.740. The van der Waals surface area contributed by atoms with Crippen LogP contribution in [0.2, 0.25) is 0 Å². The van der Waals surface area contributed by atoms with Crippen molar-refractivity contribution in [2.45, 2.75) is 51.9 Å². The molecule has 0 radical (unpaired) electrons. The maximum Gasteiger partial charge on any atom is 0.000811 e. The van der Waals surface area contributed by atoms with Crippen LogP contribution in [0.4, 0.5) is 0 Å². The van der Waals surface area contributed by atoms with Gasteiger partial charge in [0.05, 0.1) is 0 Å². The summed E-state index contributed by atoms with van der Waals surface area (Å²) < 4.78 is 0. The van der Waals surface area contributed by atoms with Gasteiger partial charge in [-0.05, 0) is 74.7 Å². The Morgan fingerprint density at radius 1 is 1.00 bits per heavy atom. The molecule has 0 atom stereocenters. The molecule has 0 aromatic carbocycles. The van der Waals surface area contributed by atoms with Gasteiger partial charge in [0.2, 0.25) is 0 Å². The predicted molar refractivity (Wildman–Crippen MR) is 71.0 cm³/mol. The van der Waals surface area contributed by atoms with Crippen LogP contribution in [0.15, 0.2) is 0 Å². The molecular weight excluding hydrogens is 218 g/mol. The van der Waals surface area contributed by atoms with E-state index in [2.05, 4.69) is 12.2 Å². The quantitative estimate of drug-likeness (QED) is 0.744. The monoisotopic (exact) mass is 243 g/mol. The molecule has 2 heteroatoms. The molecule has 0 saturated heterocycles. The van der Waals surface area contributed by atoms with Crippen molar-refractivity contribution in [1.29, 1.82) is 0 Å². The molecule has 0 amide bonds. The van der Waals surface area contributed by atoms with E-state index < -0.39 is 0 Å². The lowest BCUT2D eigenvalue weighted by Gasteiger charge is -2.57. The first-order valence-electron chi connectivity index (χ1n) is 7.00. The van der Waals surface area contributed by atoms with Gasteiger partial charge in [0.1, 0.15) is 0 Å². The molecule has 0 aromatic heterocycles. The van der Waals surface area contributed by atoms with Crippen molar-refractivity contribution in [3.8, 4) is 0 Å². The summed E-state index contributed by atoms with van der Waals surface area (Å²) in [4.78, 5) is 0. The minimum atomic E-state index is 0. The molecule has 16 heavy (non-hydrogen) atoms. The average Bonchev–Trinajstić information content (AvgIpc) is 2.15. The summed E-state index contributed by atoms with van der Waals surface area (Å²) in [6.07, 6.45) is 10.7. The largest absolute Gasteiger partial charge is 0.316 e. The zero-order chi connectivity index (χ0) is 10.3. The van der Waals surface area contributed by atoms with E-state index in [9.17, 15) is 0 Å². The number of rotatable bonds is 4. The number of hydrogen-bond donors (Lipinski definition) is 1. The Morgan fingerprint density at radius 3 is 1.94 bits per heavy atom. The third-order valence-corrected chi connectivity index (χ3v) is 5.09. The fourth-order valence-electron chi connectivity index (χ4n) is 5.04. The fourth-order valence-corrected chi connectivity index (χ4v) is 5.04. The van der Waals surface area contributed by atoms with Gasteiger partial charge >= 0.3 is 0 Å². The summed E-state index contributed by atoms with van der Waals surface area (Å²) >= 11 is 0. The van der Waals surface area contributed by atoms with Crippen LogP contribution in [0, 0.1) is 23.2 Å². The Bertz CT molecular complexity index is 204. The fraction of sp³-hybridized carbons (Fsp3) is 1.00. The third kappa shape index (κ3) is 2.26. The minimum absolute atomic E-state index is 0. The second-order valence-corrected chi connectivity index (χ2v) is 6.59. The van der Waals surface area contributed by atoms with Crippen molar-refractivity contribution in [3.63, 3.8) is 0 Å². The summed E-state index contributed by atoms with van der Waals surface area (Å²) in [6, 6.07) is 0. The highest BCUT2D eigenvalue weighted by Crippen LogP contribution is 2.59. The Balaban J connectivity index is 0.000000963. The zero-order valence-electron chi connectivity index (χ0n) is 10.5. The van der Waals surface area contributed by atoms with E-state index in [1.165, 1.54) is 19.5 Å². The minimum Gasteiger partial charge on any atom is -0.316 e. The Morgan fingerprint density at radius 2 is 1.50 bits per heavy atom. The summed E-state index contributed by atoms with van der Waals surface area (Å²) in [5, 5.41) is 3.69. The van der Waals surface area contributed by atoms with Gasteiger partial charge < -0.3 is 5.32 Å². The molecule has 0 spiro atoms. The summed E-state index contributed by atoms with van der Waals surface area (Å²) in [6.45, 7) is 4.82. The predicted octanol–water partition coefficient (Wildman–Crippen LogP) is 3.62. The van der Waals surface area contributed by atoms with Crippen LogP contribution in [0.25, 0.3) is 0 Å². The highest BCUT2D eigenvalue weighted by molar-refractivity contribution is 5.85. The van der Waals surface area contributed by atoms with Crippen molar-refractivity contribution in [2.24, 2.45) is 23.2 Å². The van der Waals surface area contributed by atoms with Crippen LogP contribution in [-0.4, -0.2) is 13.1 Å². The van der Waals surface area contributed by atoms with Gasteiger partial charge in [0, 0.05) is 6.54 Å². The molecule has 4 fully saturated rings. The van der Waals surface area contributed by atoms with Crippen molar-refractivity contribution in [3.05, 3.63) is 0 Å². The van der Waals surface area contributed by atoms with E-state index in [-0.39, 0.29) is 12.4 Å². The second kappa shape index (κ2) is 4.86. The molecule has 0 heterocycles. The molecule has 4 saturated carbocycles. The van der Waals surface area contributed by atoms with Gasteiger partial charge in [-0.3, -0.25) is 0 Å². The Labute approximate surface area is 106 Å². The van der Waals surface area contributed by atoms with Gasteiger partial charge in [0.15, 0.2) is 0 Å². The van der Waals surface area contributed by atoms with Crippen LogP contribution in [0.3, 0.4) is 0 Å². The van der Waals surface area contributed by atoms with E-state index >= 15 is 0 Å². The SMILES string of the molecule is CCCNCC12CC3CC(CC(C3)C1)C2.Cl. The molecule has 4 aliphatic rings. The van der Waals surface area contributed by atoms with Crippen LogP contribution in [0.1, 0.15) is 51.9 Å². The molecule has 4 aliphatic carbocycles. The molecule has 0 aromatic rings. The van der Waals surface area contributed by atoms with Gasteiger partial charge in [-0.2, -0.15) is 0 Å². The summed E-state index contributed by atoms with van der Waals surface area (Å²) in [5.74, 6) is 3.33. The molecule has 4 bridgehead atoms. The number of nitrogens with one attached hydrogen (secondary N) is 1. The van der Waals surface area contributed by atoms with Crippen LogP contribution in [-0.2, 0) is 0 Å². The lowest BCUT2D eigenvalue weighted by atomic mass is 9.49. The first-order valence-corrected chi connectivity index (χ1v) is 7.00. The molecule has 0 unspecified atom stereocenters. The number of hydrogen-bond acceptors (Lipinski definition) is 1. The maximum atomic E-state index is 3.69. The van der Waals surface area contributed by atoms with Gasteiger partial charge in [-0.15, -0.1) is 12.4 Å². The Kier molecular flexibility index (Phi) is 3.86. The van der Waals surface area contributed by atoms with E-state index in [4.69, 9.17) is 0 Å². The van der Waals surface area contributed by atoms with Gasteiger partial charge in [0.25, 0.3) is 0 Å². The van der Waals surface area contributed by atoms with Crippen molar-refractivity contribution < 1.29 is 0 Å². The summed E-state index contributed by atoms with van der Waals surface area (Å²) in [7, 11) is 0. The van der Waals surface area contributed by atoms with Gasteiger partial charge in [-0.25, -0.2) is 0 Å². The second-order valence-electron chi connectivity index (χ2n) is 6.59. The molecule has 94 valence electrons. The van der Waals surface area contributed by atoms with E-state index in [1.807, 2.05) is 0 Å². The molecule has 1 N–H and O–H groups in total. The maximum absolute atomic E-state index is 3.69. The highest BCUT2D eigenvalue weighted by atomic mass is 35.5. The third-order valence-electron chi connectivity index (χ3n) is 5.09. The van der Waals surface area contributed by atoms with Crippen LogP contribution in [0.5, 0.6) is 0 Å². The normalized spacial score (nSPS) is 44.4. The smallest absolute Gasteiger partial charge is 0.000811 e.